The normalized spacial score (nSPS) is 12.6. The smallest absolute Gasteiger partial charge is 0.308 e. The predicted octanol–water partition coefficient (Wildman–Crippen LogP) is 8.00. The third-order valence-corrected chi connectivity index (χ3v) is 5.15. The molecule has 0 saturated heterocycles. The Hall–Kier alpha value is -0.790. The van der Waals surface area contributed by atoms with Gasteiger partial charge in [-0.05, 0) is 26.2 Å². The molecule has 0 heterocycles. The van der Waals surface area contributed by atoms with Crippen LogP contribution in [0.25, 0.3) is 0 Å². The molecule has 0 aliphatic carbocycles. The number of rotatable bonds is 19. The molecule has 0 spiro atoms. The second-order valence-corrected chi connectivity index (χ2v) is 7.81. The van der Waals surface area contributed by atoms with Crippen LogP contribution in [-0.2, 0) is 9.53 Å². The van der Waals surface area contributed by atoms with Crippen molar-refractivity contribution in [2.75, 3.05) is 6.61 Å². The van der Waals surface area contributed by atoms with Crippen molar-refractivity contribution in [3.05, 3.63) is 12.2 Å². The molecule has 0 aromatic rings. The van der Waals surface area contributed by atoms with E-state index < -0.39 is 0 Å². The van der Waals surface area contributed by atoms with Crippen LogP contribution in [0.15, 0.2) is 12.2 Å². The highest BCUT2D eigenvalue weighted by Gasteiger charge is 2.12. The topological polar surface area (TPSA) is 26.3 Å². The molecule has 0 aliphatic heterocycles. The Bertz CT molecular complexity index is 322. The summed E-state index contributed by atoms with van der Waals surface area (Å²) in [6.45, 7) is 6.86. The summed E-state index contributed by atoms with van der Waals surface area (Å²) in [6, 6.07) is 0. The lowest BCUT2D eigenvalue weighted by atomic mass is 10.0. The number of carbonyl (C=O) groups is 1. The minimum absolute atomic E-state index is 0.0239. The van der Waals surface area contributed by atoms with Crippen LogP contribution in [0.3, 0.4) is 0 Å². The fraction of sp³-hybridized carbons (Fsp3) is 0.875. The maximum absolute atomic E-state index is 11.8. The van der Waals surface area contributed by atoms with Crippen LogP contribution in [0, 0.1) is 5.92 Å². The fourth-order valence-electron chi connectivity index (χ4n) is 3.24. The molecule has 0 saturated carbocycles. The van der Waals surface area contributed by atoms with E-state index in [1.54, 1.807) is 0 Å². The zero-order valence-electron chi connectivity index (χ0n) is 18.1. The van der Waals surface area contributed by atoms with Crippen LogP contribution in [0.5, 0.6) is 0 Å². The Balaban J connectivity index is 3.22. The largest absolute Gasteiger partial charge is 0.465 e. The molecule has 0 bridgehead atoms. The van der Waals surface area contributed by atoms with Crippen LogP contribution in [0.4, 0.5) is 0 Å². The number of allylic oxidation sites excluding steroid dienone is 2. The second-order valence-electron chi connectivity index (χ2n) is 7.81. The molecule has 1 atom stereocenters. The Morgan fingerprint density at radius 3 is 1.73 bits per heavy atom. The van der Waals surface area contributed by atoms with Gasteiger partial charge in [-0.25, -0.2) is 0 Å². The van der Waals surface area contributed by atoms with E-state index in [1.807, 2.05) is 19.9 Å². The summed E-state index contributed by atoms with van der Waals surface area (Å²) < 4.78 is 5.38. The van der Waals surface area contributed by atoms with E-state index >= 15 is 0 Å². The highest BCUT2D eigenvalue weighted by molar-refractivity contribution is 5.71. The maximum atomic E-state index is 11.8. The number of hydrogen-bond acceptors (Lipinski definition) is 2. The lowest BCUT2D eigenvalue weighted by Gasteiger charge is -2.10. The first-order chi connectivity index (χ1) is 12.7. The van der Waals surface area contributed by atoms with Gasteiger partial charge in [0.05, 0.1) is 12.5 Å². The number of esters is 1. The summed E-state index contributed by atoms with van der Waals surface area (Å²) in [4.78, 5) is 11.8. The number of hydrogen-bond donors (Lipinski definition) is 0. The van der Waals surface area contributed by atoms with Crippen LogP contribution in [0.1, 0.15) is 124 Å². The molecule has 0 aliphatic rings. The second kappa shape index (κ2) is 20.5. The molecule has 0 radical (unpaired) electrons. The Morgan fingerprint density at radius 1 is 0.808 bits per heavy atom. The summed E-state index contributed by atoms with van der Waals surface area (Å²) in [5, 5.41) is 0. The van der Waals surface area contributed by atoms with Crippen LogP contribution in [-0.4, -0.2) is 12.6 Å². The summed E-state index contributed by atoms with van der Waals surface area (Å²) in [5.41, 5.74) is 0. The van der Waals surface area contributed by atoms with E-state index in [4.69, 9.17) is 4.74 Å². The average molecular weight is 367 g/mol. The Labute approximate surface area is 164 Å². The van der Waals surface area contributed by atoms with Gasteiger partial charge in [0.25, 0.3) is 0 Å². The van der Waals surface area contributed by atoms with Gasteiger partial charge in [0.15, 0.2) is 0 Å². The van der Waals surface area contributed by atoms with Gasteiger partial charge < -0.3 is 4.74 Å². The minimum atomic E-state index is -0.0239. The first-order valence-electron chi connectivity index (χ1n) is 11.5. The third kappa shape index (κ3) is 18.0. The van der Waals surface area contributed by atoms with Crippen molar-refractivity contribution in [2.45, 2.75) is 124 Å². The Kier molecular flexibility index (Phi) is 19.9. The van der Waals surface area contributed by atoms with Gasteiger partial charge in [-0.2, -0.15) is 0 Å². The first kappa shape index (κ1) is 25.2. The number of unbranched alkanes of at least 4 members (excludes halogenated alkanes) is 13. The highest BCUT2D eigenvalue weighted by Crippen LogP contribution is 2.13. The standard InChI is InChI=1S/C24H46O2/c1-4-6-8-9-10-11-12-13-14-15-16-17-18-20-22-26-24(25)23(3)21-19-7-5-2/h5,7,23H,4,6,8-22H2,1-3H3/b7-5+/t23-/m0/s1. The highest BCUT2D eigenvalue weighted by atomic mass is 16.5. The van der Waals surface area contributed by atoms with Crippen molar-refractivity contribution in [1.82, 2.24) is 0 Å². The third-order valence-electron chi connectivity index (χ3n) is 5.15. The number of ether oxygens (including phenoxy) is 1. The van der Waals surface area contributed by atoms with E-state index in [9.17, 15) is 4.79 Å². The Morgan fingerprint density at radius 2 is 1.27 bits per heavy atom. The molecule has 26 heavy (non-hydrogen) atoms. The molecule has 0 aromatic carbocycles. The summed E-state index contributed by atoms with van der Waals surface area (Å²) >= 11 is 0. The minimum Gasteiger partial charge on any atom is -0.465 e. The molecule has 2 nitrogen and oxygen atoms in total. The van der Waals surface area contributed by atoms with Crippen molar-refractivity contribution in [2.24, 2.45) is 5.92 Å². The average Bonchev–Trinajstić information content (AvgIpc) is 2.64. The van der Waals surface area contributed by atoms with Gasteiger partial charge in [-0.3, -0.25) is 4.79 Å². The van der Waals surface area contributed by atoms with Crippen LogP contribution in [0.2, 0.25) is 0 Å². The zero-order valence-corrected chi connectivity index (χ0v) is 18.1. The zero-order chi connectivity index (χ0) is 19.3. The molecule has 154 valence electrons. The molecule has 0 N–H and O–H groups in total. The van der Waals surface area contributed by atoms with E-state index in [1.165, 1.54) is 83.5 Å². The quantitative estimate of drug-likeness (QED) is 0.131. The molecular formula is C24H46O2. The summed E-state index contributed by atoms with van der Waals surface area (Å²) in [6.07, 6.45) is 24.9. The van der Waals surface area contributed by atoms with Crippen molar-refractivity contribution in [1.29, 1.82) is 0 Å². The van der Waals surface area contributed by atoms with Gasteiger partial charge in [0, 0.05) is 0 Å². The van der Waals surface area contributed by atoms with Crippen molar-refractivity contribution >= 4 is 5.97 Å². The molecule has 0 amide bonds. The van der Waals surface area contributed by atoms with Crippen molar-refractivity contribution < 1.29 is 9.53 Å². The lowest BCUT2D eigenvalue weighted by Crippen LogP contribution is -2.15. The molecule has 0 unspecified atom stereocenters. The molecule has 2 heteroatoms. The predicted molar refractivity (Wildman–Crippen MR) is 114 cm³/mol. The molecular weight excluding hydrogens is 320 g/mol. The summed E-state index contributed by atoms with van der Waals surface area (Å²) in [7, 11) is 0. The van der Waals surface area contributed by atoms with E-state index in [0.29, 0.717) is 6.61 Å². The fourth-order valence-corrected chi connectivity index (χ4v) is 3.24. The lowest BCUT2D eigenvalue weighted by molar-refractivity contribution is -0.148. The first-order valence-corrected chi connectivity index (χ1v) is 11.5. The number of carbonyl (C=O) groups excluding carboxylic acids is 1. The van der Waals surface area contributed by atoms with Gasteiger partial charge in [0.2, 0.25) is 0 Å². The van der Waals surface area contributed by atoms with Gasteiger partial charge >= 0.3 is 5.97 Å². The van der Waals surface area contributed by atoms with Crippen LogP contribution < -0.4 is 0 Å². The van der Waals surface area contributed by atoms with E-state index in [0.717, 1.165) is 19.3 Å². The SMILES string of the molecule is C/C=C/CC[C@H](C)C(=O)OCCCCCCCCCCCCCCCC. The van der Waals surface area contributed by atoms with E-state index in [-0.39, 0.29) is 11.9 Å². The summed E-state index contributed by atoms with van der Waals surface area (Å²) in [5.74, 6) is 0.00189. The van der Waals surface area contributed by atoms with Gasteiger partial charge in [-0.15, -0.1) is 0 Å². The van der Waals surface area contributed by atoms with Crippen molar-refractivity contribution in [3.63, 3.8) is 0 Å². The van der Waals surface area contributed by atoms with E-state index in [2.05, 4.69) is 13.0 Å². The van der Waals surface area contributed by atoms with Gasteiger partial charge in [0.1, 0.15) is 0 Å². The maximum Gasteiger partial charge on any atom is 0.308 e. The molecule has 0 fully saturated rings. The monoisotopic (exact) mass is 366 g/mol. The van der Waals surface area contributed by atoms with Crippen LogP contribution >= 0.6 is 0 Å². The molecule has 0 aromatic heterocycles. The van der Waals surface area contributed by atoms with Gasteiger partial charge in [-0.1, -0.05) is 109 Å². The molecule has 0 rings (SSSR count). The van der Waals surface area contributed by atoms with Crippen molar-refractivity contribution in [3.8, 4) is 0 Å².